The van der Waals surface area contributed by atoms with Crippen LogP contribution in [0.15, 0.2) is 72.9 Å². The second kappa shape index (κ2) is 9.08. The van der Waals surface area contributed by atoms with E-state index in [0.29, 0.717) is 33.5 Å². The van der Waals surface area contributed by atoms with Gasteiger partial charge >= 0.3 is 11.9 Å². The molecule has 0 saturated carbocycles. The molecule has 0 spiro atoms. The molecule has 4 rings (SSSR count). The lowest BCUT2D eigenvalue weighted by molar-refractivity contribution is 0.0472. The average Bonchev–Trinajstić information content (AvgIpc) is 2.80. The number of halogens is 1. The summed E-state index contributed by atoms with van der Waals surface area (Å²) >= 11 is 5.86. The Hall–Kier alpha value is -3.90. The number of aromatic hydroxyl groups is 1. The van der Waals surface area contributed by atoms with Gasteiger partial charge in [-0.3, -0.25) is 4.98 Å². The molecule has 1 heterocycles. The molecular weight excluding hydrogens is 430 g/mol. The lowest BCUT2D eigenvalue weighted by atomic mass is 10.0. The molecule has 0 bridgehead atoms. The lowest BCUT2D eigenvalue weighted by Gasteiger charge is -2.10. The summed E-state index contributed by atoms with van der Waals surface area (Å²) in [4.78, 5) is 27.9. The fraction of sp³-hybridized carbons (Fsp3) is 0.0800. The molecule has 0 saturated heterocycles. The summed E-state index contributed by atoms with van der Waals surface area (Å²) in [6.07, 6.45) is 1.93. The summed E-state index contributed by atoms with van der Waals surface area (Å²) in [5.74, 6) is -1.50. The van der Waals surface area contributed by atoms with E-state index >= 15 is 0 Å². The van der Waals surface area contributed by atoms with Crippen molar-refractivity contribution in [2.24, 2.45) is 0 Å². The van der Waals surface area contributed by atoms with Crippen molar-refractivity contribution in [2.45, 2.75) is 13.0 Å². The number of ether oxygens (including phenoxy) is 1. The molecule has 0 atom stereocenters. The molecule has 6 nitrogen and oxygen atoms in total. The summed E-state index contributed by atoms with van der Waals surface area (Å²) in [6.45, 7) is 0.102. The first-order chi connectivity index (χ1) is 15.4. The van der Waals surface area contributed by atoms with E-state index in [1.807, 2.05) is 0 Å². The van der Waals surface area contributed by atoms with Crippen LogP contribution in [-0.4, -0.2) is 27.1 Å². The van der Waals surface area contributed by atoms with Crippen LogP contribution in [0.25, 0.3) is 10.9 Å². The van der Waals surface area contributed by atoms with Crippen molar-refractivity contribution in [1.29, 1.82) is 0 Å². The van der Waals surface area contributed by atoms with Gasteiger partial charge in [-0.1, -0.05) is 35.9 Å². The van der Waals surface area contributed by atoms with E-state index in [1.54, 1.807) is 60.8 Å². The molecule has 0 aliphatic carbocycles. The number of carbonyl (C=O) groups excluding carboxylic acids is 1. The molecule has 0 fully saturated rings. The Morgan fingerprint density at radius 2 is 1.56 bits per heavy atom. The van der Waals surface area contributed by atoms with Crippen molar-refractivity contribution in [3.63, 3.8) is 0 Å². The molecule has 4 aromatic rings. The van der Waals surface area contributed by atoms with Crippen molar-refractivity contribution >= 4 is 34.4 Å². The van der Waals surface area contributed by atoms with Crippen molar-refractivity contribution < 1.29 is 24.5 Å². The van der Waals surface area contributed by atoms with Crippen molar-refractivity contribution in [3.05, 3.63) is 106 Å². The molecule has 0 amide bonds. The normalized spacial score (nSPS) is 10.8. The van der Waals surface area contributed by atoms with Crippen LogP contribution in [0.3, 0.4) is 0 Å². The standard InChI is InChI=1S/C25H18ClNO5/c26-20-8-3-16(4-9-20)14-32-25(31)18-7-10-22-21(12-18)23(28)19(13-27-22)11-15-1-5-17(6-2-15)24(29)30/h1-10,12-13H,11,14H2,(H,27,28)(H,29,30). The minimum Gasteiger partial charge on any atom is -0.507 e. The van der Waals surface area contributed by atoms with E-state index in [0.717, 1.165) is 11.1 Å². The number of aromatic nitrogens is 1. The van der Waals surface area contributed by atoms with Crippen LogP contribution in [-0.2, 0) is 17.8 Å². The van der Waals surface area contributed by atoms with Crippen molar-refractivity contribution in [1.82, 2.24) is 4.98 Å². The van der Waals surface area contributed by atoms with Gasteiger partial charge in [0.1, 0.15) is 12.4 Å². The molecule has 0 aliphatic heterocycles. The number of carboxylic acids is 1. The zero-order valence-corrected chi connectivity index (χ0v) is 17.5. The topological polar surface area (TPSA) is 96.7 Å². The maximum absolute atomic E-state index is 12.5. The van der Waals surface area contributed by atoms with Crippen LogP contribution in [0.1, 0.15) is 37.4 Å². The molecule has 0 unspecified atom stereocenters. The zero-order valence-electron chi connectivity index (χ0n) is 16.8. The molecule has 160 valence electrons. The molecule has 3 aromatic carbocycles. The highest BCUT2D eigenvalue weighted by Gasteiger charge is 2.14. The minimum absolute atomic E-state index is 0.0182. The SMILES string of the molecule is O=C(O)c1ccc(Cc2cnc3ccc(C(=O)OCc4ccc(Cl)cc4)cc3c2O)cc1. The van der Waals surface area contributed by atoms with Gasteiger partial charge in [0.25, 0.3) is 0 Å². The zero-order chi connectivity index (χ0) is 22.7. The quantitative estimate of drug-likeness (QED) is 0.392. The maximum atomic E-state index is 12.5. The third-order valence-electron chi connectivity index (χ3n) is 5.03. The number of hydrogen-bond acceptors (Lipinski definition) is 5. The Balaban J connectivity index is 1.54. The van der Waals surface area contributed by atoms with Gasteiger partial charge in [-0.2, -0.15) is 0 Å². The third-order valence-corrected chi connectivity index (χ3v) is 5.28. The first-order valence-electron chi connectivity index (χ1n) is 9.75. The maximum Gasteiger partial charge on any atom is 0.338 e. The number of carbonyl (C=O) groups is 2. The van der Waals surface area contributed by atoms with Gasteiger partial charge in [0, 0.05) is 28.6 Å². The predicted molar refractivity (Wildman–Crippen MR) is 120 cm³/mol. The average molecular weight is 448 g/mol. The number of nitrogens with zero attached hydrogens (tertiary/aromatic N) is 1. The van der Waals surface area contributed by atoms with Crippen LogP contribution in [0.5, 0.6) is 5.75 Å². The fourth-order valence-electron chi connectivity index (χ4n) is 3.27. The summed E-state index contributed by atoms with van der Waals surface area (Å²) in [5.41, 5.74) is 3.23. The molecule has 0 aliphatic rings. The van der Waals surface area contributed by atoms with Gasteiger partial charge in [-0.05, 0) is 53.6 Å². The second-order valence-electron chi connectivity index (χ2n) is 7.25. The summed E-state index contributed by atoms with van der Waals surface area (Å²) < 4.78 is 5.37. The molecular formula is C25H18ClNO5. The van der Waals surface area contributed by atoms with Gasteiger partial charge in [0.05, 0.1) is 16.6 Å². The van der Waals surface area contributed by atoms with E-state index in [9.17, 15) is 14.7 Å². The van der Waals surface area contributed by atoms with E-state index in [1.165, 1.54) is 12.1 Å². The number of fused-ring (bicyclic) bond motifs is 1. The van der Waals surface area contributed by atoms with E-state index < -0.39 is 11.9 Å². The smallest absolute Gasteiger partial charge is 0.338 e. The number of carboxylic acid groups (broad SMARTS) is 1. The van der Waals surface area contributed by atoms with Crippen LogP contribution >= 0.6 is 11.6 Å². The van der Waals surface area contributed by atoms with Gasteiger partial charge < -0.3 is 14.9 Å². The van der Waals surface area contributed by atoms with E-state index in [2.05, 4.69) is 4.98 Å². The summed E-state index contributed by atoms with van der Waals surface area (Å²) in [7, 11) is 0. The van der Waals surface area contributed by atoms with Gasteiger partial charge in [0.2, 0.25) is 0 Å². The van der Waals surface area contributed by atoms with Crippen LogP contribution in [0.4, 0.5) is 0 Å². The van der Waals surface area contributed by atoms with Gasteiger partial charge in [-0.25, -0.2) is 9.59 Å². The Morgan fingerprint density at radius 3 is 2.25 bits per heavy atom. The Kier molecular flexibility index (Phi) is 6.05. The lowest BCUT2D eigenvalue weighted by Crippen LogP contribution is -2.05. The summed E-state index contributed by atoms with van der Waals surface area (Å²) in [6, 6.07) is 18.2. The van der Waals surface area contributed by atoms with Crippen LogP contribution in [0.2, 0.25) is 5.02 Å². The number of esters is 1. The molecule has 0 radical (unpaired) electrons. The first-order valence-corrected chi connectivity index (χ1v) is 10.1. The Morgan fingerprint density at radius 1 is 0.906 bits per heavy atom. The minimum atomic E-state index is -0.998. The highest BCUT2D eigenvalue weighted by molar-refractivity contribution is 6.30. The number of benzene rings is 3. The number of rotatable bonds is 6. The molecule has 7 heteroatoms. The van der Waals surface area contributed by atoms with E-state index in [4.69, 9.17) is 21.4 Å². The predicted octanol–water partition coefficient (Wildman–Crippen LogP) is 5.24. The fourth-order valence-corrected chi connectivity index (χ4v) is 3.40. The van der Waals surface area contributed by atoms with Crippen LogP contribution in [0, 0.1) is 0 Å². The van der Waals surface area contributed by atoms with E-state index in [-0.39, 0.29) is 17.9 Å². The Bertz CT molecular complexity index is 1300. The van der Waals surface area contributed by atoms with Crippen molar-refractivity contribution in [3.8, 4) is 5.75 Å². The molecule has 1 aromatic heterocycles. The monoisotopic (exact) mass is 447 g/mol. The molecule has 2 N–H and O–H groups in total. The number of hydrogen-bond donors (Lipinski definition) is 2. The highest BCUT2D eigenvalue weighted by atomic mass is 35.5. The van der Waals surface area contributed by atoms with Gasteiger partial charge in [0.15, 0.2) is 0 Å². The first kappa shape index (κ1) is 21.3. The second-order valence-corrected chi connectivity index (χ2v) is 7.68. The van der Waals surface area contributed by atoms with Crippen LogP contribution < -0.4 is 0 Å². The number of pyridine rings is 1. The Labute approximate surface area is 188 Å². The molecule has 32 heavy (non-hydrogen) atoms. The third kappa shape index (κ3) is 4.71. The summed E-state index contributed by atoms with van der Waals surface area (Å²) in [5, 5.41) is 20.9. The van der Waals surface area contributed by atoms with Gasteiger partial charge in [-0.15, -0.1) is 0 Å². The largest absolute Gasteiger partial charge is 0.507 e. The number of aromatic carboxylic acids is 1. The van der Waals surface area contributed by atoms with Crippen molar-refractivity contribution in [2.75, 3.05) is 0 Å². The highest BCUT2D eigenvalue weighted by Crippen LogP contribution is 2.30.